The molecule has 2 aromatic rings. The summed E-state index contributed by atoms with van der Waals surface area (Å²) in [6.07, 6.45) is 2.14. The van der Waals surface area contributed by atoms with Crippen LogP contribution in [0.5, 0.6) is 0 Å². The molecular formula is C21H26FN5O. The molecule has 0 spiro atoms. The van der Waals surface area contributed by atoms with Crippen LogP contribution in [0.15, 0.2) is 24.3 Å². The first-order chi connectivity index (χ1) is 13.2. The largest absolute Gasteiger partial charge is 0.369 e. The number of hydrogen-bond donors (Lipinski definition) is 2. The summed E-state index contributed by atoms with van der Waals surface area (Å²) in [5, 5.41) is 18.9. The van der Waals surface area contributed by atoms with Gasteiger partial charge < -0.3 is 10.2 Å². The minimum atomic E-state index is -0.398. The zero-order valence-electron chi connectivity index (χ0n) is 16.6. The fourth-order valence-corrected chi connectivity index (χ4v) is 3.53. The summed E-state index contributed by atoms with van der Waals surface area (Å²) in [6.45, 7) is 7.64. The second-order valence-electron chi connectivity index (χ2n) is 8.54. The number of carbonyl (C=O) groups is 1. The van der Waals surface area contributed by atoms with E-state index >= 15 is 0 Å². The monoisotopic (exact) mass is 383 g/mol. The van der Waals surface area contributed by atoms with Crippen molar-refractivity contribution in [2.24, 2.45) is 11.3 Å². The SMILES string of the molecule is CC(C)(C)Cc1cc(NC(=O)C2CCN(c3ccc(C#N)cc3F)CC2)n[nH]1. The number of nitrogens with zero attached hydrogens (tertiary/aromatic N) is 3. The molecule has 1 aliphatic rings. The molecule has 148 valence electrons. The topological polar surface area (TPSA) is 84.8 Å². The van der Waals surface area contributed by atoms with Crippen LogP contribution in [0.1, 0.15) is 44.9 Å². The highest BCUT2D eigenvalue weighted by molar-refractivity contribution is 5.91. The quantitative estimate of drug-likeness (QED) is 0.839. The second-order valence-corrected chi connectivity index (χ2v) is 8.54. The number of halogens is 1. The van der Waals surface area contributed by atoms with E-state index in [0.29, 0.717) is 43.0 Å². The third-order valence-corrected chi connectivity index (χ3v) is 4.89. The summed E-state index contributed by atoms with van der Waals surface area (Å²) < 4.78 is 14.2. The number of aromatic amines is 1. The molecule has 0 saturated carbocycles. The van der Waals surface area contributed by atoms with E-state index in [-0.39, 0.29) is 17.2 Å². The smallest absolute Gasteiger partial charge is 0.228 e. The van der Waals surface area contributed by atoms with Crippen LogP contribution in [0.25, 0.3) is 0 Å². The molecule has 1 aliphatic heterocycles. The van der Waals surface area contributed by atoms with Gasteiger partial charge in [0.25, 0.3) is 0 Å². The summed E-state index contributed by atoms with van der Waals surface area (Å²) in [6, 6.07) is 8.32. The van der Waals surface area contributed by atoms with Crippen molar-refractivity contribution in [3.63, 3.8) is 0 Å². The maximum Gasteiger partial charge on any atom is 0.228 e. The van der Waals surface area contributed by atoms with E-state index in [1.54, 1.807) is 12.1 Å². The lowest BCUT2D eigenvalue weighted by Crippen LogP contribution is -2.38. The summed E-state index contributed by atoms with van der Waals surface area (Å²) >= 11 is 0. The van der Waals surface area contributed by atoms with Crippen molar-refractivity contribution in [2.45, 2.75) is 40.0 Å². The molecule has 28 heavy (non-hydrogen) atoms. The van der Waals surface area contributed by atoms with E-state index in [1.165, 1.54) is 6.07 Å². The normalized spacial score (nSPS) is 15.3. The van der Waals surface area contributed by atoms with Gasteiger partial charge in [0.05, 0.1) is 17.3 Å². The van der Waals surface area contributed by atoms with Gasteiger partial charge in [-0.05, 0) is 42.9 Å². The third-order valence-electron chi connectivity index (χ3n) is 4.89. The van der Waals surface area contributed by atoms with Gasteiger partial charge in [-0.15, -0.1) is 0 Å². The zero-order chi connectivity index (χ0) is 20.3. The summed E-state index contributed by atoms with van der Waals surface area (Å²) in [7, 11) is 0. The minimum Gasteiger partial charge on any atom is -0.369 e. The molecular weight excluding hydrogens is 357 g/mol. The van der Waals surface area contributed by atoms with Crippen LogP contribution in [0.2, 0.25) is 0 Å². The van der Waals surface area contributed by atoms with Gasteiger partial charge in [0.1, 0.15) is 5.82 Å². The first-order valence-electron chi connectivity index (χ1n) is 9.55. The number of nitriles is 1. The van der Waals surface area contributed by atoms with Gasteiger partial charge in [0.15, 0.2) is 5.82 Å². The van der Waals surface area contributed by atoms with Crippen LogP contribution < -0.4 is 10.2 Å². The number of rotatable bonds is 4. The Morgan fingerprint density at radius 2 is 2.07 bits per heavy atom. The summed E-state index contributed by atoms with van der Waals surface area (Å²) in [5.74, 6) is -0.0242. The number of nitrogens with one attached hydrogen (secondary N) is 2. The Morgan fingerprint density at radius 3 is 2.68 bits per heavy atom. The summed E-state index contributed by atoms with van der Waals surface area (Å²) in [4.78, 5) is 14.5. The first kappa shape index (κ1) is 19.9. The van der Waals surface area contributed by atoms with Crippen LogP contribution in [-0.2, 0) is 11.2 Å². The Balaban J connectivity index is 1.55. The minimum absolute atomic E-state index is 0.0474. The molecule has 6 nitrogen and oxygen atoms in total. The molecule has 1 amide bonds. The van der Waals surface area contributed by atoms with Gasteiger partial charge in [0.2, 0.25) is 5.91 Å². The number of hydrogen-bond acceptors (Lipinski definition) is 4. The number of piperidine rings is 1. The van der Waals surface area contributed by atoms with E-state index < -0.39 is 5.82 Å². The maximum absolute atomic E-state index is 14.2. The van der Waals surface area contributed by atoms with Gasteiger partial charge in [-0.3, -0.25) is 9.89 Å². The number of carbonyl (C=O) groups excluding carboxylic acids is 1. The van der Waals surface area contributed by atoms with Gasteiger partial charge >= 0.3 is 0 Å². The molecule has 0 aliphatic carbocycles. The van der Waals surface area contributed by atoms with Crippen molar-refractivity contribution in [3.05, 3.63) is 41.3 Å². The number of aromatic nitrogens is 2. The Hall–Kier alpha value is -2.88. The predicted molar refractivity (Wildman–Crippen MR) is 106 cm³/mol. The van der Waals surface area contributed by atoms with Crippen molar-refractivity contribution in [1.29, 1.82) is 5.26 Å². The molecule has 3 rings (SSSR count). The Morgan fingerprint density at radius 1 is 1.36 bits per heavy atom. The Kier molecular flexibility index (Phi) is 5.68. The van der Waals surface area contributed by atoms with E-state index in [4.69, 9.17) is 5.26 Å². The van der Waals surface area contributed by atoms with E-state index in [2.05, 4.69) is 36.3 Å². The third kappa shape index (κ3) is 4.89. The Labute approximate surface area is 164 Å². The lowest BCUT2D eigenvalue weighted by Gasteiger charge is -2.33. The van der Waals surface area contributed by atoms with Crippen molar-refractivity contribution in [3.8, 4) is 6.07 Å². The van der Waals surface area contributed by atoms with Crippen LogP contribution >= 0.6 is 0 Å². The highest BCUT2D eigenvalue weighted by atomic mass is 19.1. The average Bonchev–Trinajstić information content (AvgIpc) is 3.06. The fraction of sp³-hybridized carbons (Fsp3) is 0.476. The second kappa shape index (κ2) is 8.01. The van der Waals surface area contributed by atoms with Crippen LogP contribution in [-0.4, -0.2) is 29.2 Å². The van der Waals surface area contributed by atoms with Gasteiger partial charge in [0, 0.05) is 30.8 Å². The van der Waals surface area contributed by atoms with Crippen molar-refractivity contribution >= 4 is 17.4 Å². The van der Waals surface area contributed by atoms with Gasteiger partial charge in [-0.25, -0.2) is 4.39 Å². The molecule has 7 heteroatoms. The highest BCUT2D eigenvalue weighted by Crippen LogP contribution is 2.27. The number of benzene rings is 1. The van der Waals surface area contributed by atoms with E-state index in [1.807, 2.05) is 17.0 Å². The lowest BCUT2D eigenvalue weighted by atomic mass is 9.91. The van der Waals surface area contributed by atoms with Crippen molar-refractivity contribution in [1.82, 2.24) is 10.2 Å². The van der Waals surface area contributed by atoms with Gasteiger partial charge in [-0.1, -0.05) is 20.8 Å². The number of H-pyrrole nitrogens is 1. The predicted octanol–water partition coefficient (Wildman–Crippen LogP) is 3.86. The molecule has 0 radical (unpaired) electrons. The molecule has 0 unspecified atom stereocenters. The average molecular weight is 383 g/mol. The molecule has 2 heterocycles. The van der Waals surface area contributed by atoms with Gasteiger partial charge in [-0.2, -0.15) is 10.4 Å². The molecule has 0 atom stereocenters. The molecule has 1 aromatic heterocycles. The van der Waals surface area contributed by atoms with E-state index in [9.17, 15) is 9.18 Å². The van der Waals surface area contributed by atoms with E-state index in [0.717, 1.165) is 12.1 Å². The zero-order valence-corrected chi connectivity index (χ0v) is 16.6. The standard InChI is InChI=1S/C21H26FN5O/c1-21(2,3)12-16-11-19(26-25-16)24-20(28)15-6-8-27(9-7-15)18-5-4-14(13-23)10-17(18)22/h4-5,10-11,15H,6-9,12H2,1-3H3,(H2,24,25,26,28). The van der Waals surface area contributed by atoms with Crippen molar-refractivity contribution in [2.75, 3.05) is 23.3 Å². The molecule has 1 fully saturated rings. The maximum atomic E-state index is 14.2. The number of anilines is 2. The highest BCUT2D eigenvalue weighted by Gasteiger charge is 2.27. The molecule has 0 bridgehead atoms. The molecule has 1 saturated heterocycles. The van der Waals surface area contributed by atoms with Crippen LogP contribution in [0, 0.1) is 28.5 Å². The summed E-state index contributed by atoms with van der Waals surface area (Å²) in [5.41, 5.74) is 1.92. The van der Waals surface area contributed by atoms with Crippen LogP contribution in [0.4, 0.5) is 15.9 Å². The Bertz CT molecular complexity index is 885. The lowest BCUT2D eigenvalue weighted by molar-refractivity contribution is -0.120. The first-order valence-corrected chi connectivity index (χ1v) is 9.55. The molecule has 1 aromatic carbocycles. The van der Waals surface area contributed by atoms with Crippen LogP contribution in [0.3, 0.4) is 0 Å². The van der Waals surface area contributed by atoms with Crippen molar-refractivity contribution < 1.29 is 9.18 Å². The molecule has 2 N–H and O–H groups in total. The number of amides is 1. The fourth-order valence-electron chi connectivity index (χ4n) is 3.53.